The summed E-state index contributed by atoms with van der Waals surface area (Å²) in [6, 6.07) is 9.78. The number of amides is 1. The van der Waals surface area contributed by atoms with Gasteiger partial charge in [-0.15, -0.1) is 0 Å². The van der Waals surface area contributed by atoms with Crippen LogP contribution in [0.25, 0.3) is 0 Å². The first kappa shape index (κ1) is 21.5. The molecule has 0 spiro atoms. The third-order valence-electron chi connectivity index (χ3n) is 4.98. The monoisotopic (exact) mass is 410 g/mol. The fourth-order valence-corrected chi connectivity index (χ4v) is 3.37. The number of ether oxygens (including phenoxy) is 1. The van der Waals surface area contributed by atoms with Gasteiger partial charge in [0.05, 0.1) is 6.21 Å². The van der Waals surface area contributed by atoms with Crippen LogP contribution >= 0.6 is 0 Å². The van der Waals surface area contributed by atoms with E-state index in [0.717, 1.165) is 50.3 Å². The van der Waals surface area contributed by atoms with E-state index in [1.807, 2.05) is 19.1 Å². The Morgan fingerprint density at radius 3 is 2.57 bits per heavy atom. The molecule has 1 aromatic carbocycles. The van der Waals surface area contributed by atoms with Crippen molar-refractivity contribution in [2.75, 3.05) is 42.6 Å². The minimum atomic E-state index is -0.343. The van der Waals surface area contributed by atoms with Gasteiger partial charge in [-0.2, -0.15) is 10.1 Å². The molecule has 1 N–H and O–H groups in total. The second kappa shape index (κ2) is 10.6. The first-order valence-electron chi connectivity index (χ1n) is 10.5. The fourth-order valence-electron chi connectivity index (χ4n) is 3.37. The second-order valence-electron chi connectivity index (χ2n) is 7.19. The number of nitrogens with one attached hydrogen (secondary N) is 1. The van der Waals surface area contributed by atoms with Crippen molar-refractivity contribution in [3.8, 4) is 5.88 Å². The molecule has 0 radical (unpaired) electrons. The maximum Gasteiger partial charge on any atom is 0.278 e. The highest BCUT2D eigenvalue weighted by Crippen LogP contribution is 2.19. The topological polar surface area (TPSA) is 83.0 Å². The van der Waals surface area contributed by atoms with E-state index in [9.17, 15) is 4.79 Å². The lowest BCUT2D eigenvalue weighted by molar-refractivity contribution is -0.123. The molecule has 3 rings (SSSR count). The summed E-state index contributed by atoms with van der Waals surface area (Å²) < 4.78 is 5.55. The van der Waals surface area contributed by atoms with Gasteiger partial charge in [0, 0.05) is 43.6 Å². The zero-order chi connectivity index (χ0) is 21.3. The highest BCUT2D eigenvalue weighted by atomic mass is 16.5. The van der Waals surface area contributed by atoms with Crippen molar-refractivity contribution in [1.82, 2.24) is 15.4 Å². The first-order chi connectivity index (χ1) is 14.6. The Kier molecular flexibility index (Phi) is 7.59. The third kappa shape index (κ3) is 5.92. The predicted molar refractivity (Wildman–Crippen MR) is 119 cm³/mol. The van der Waals surface area contributed by atoms with Crippen LogP contribution in [0.2, 0.25) is 0 Å². The SMILES string of the molecule is CCN(CC)c1ccc(C=NNC(=O)COc2cc(C)nc(N3CCCC3)n2)cc1. The van der Waals surface area contributed by atoms with Crippen LogP contribution in [0.4, 0.5) is 11.6 Å². The molecule has 2 heterocycles. The summed E-state index contributed by atoms with van der Waals surface area (Å²) in [5.74, 6) is 0.717. The molecule has 1 aromatic heterocycles. The van der Waals surface area contributed by atoms with Crippen molar-refractivity contribution in [2.24, 2.45) is 5.10 Å². The third-order valence-corrected chi connectivity index (χ3v) is 4.98. The van der Waals surface area contributed by atoms with E-state index in [1.165, 1.54) is 5.69 Å². The van der Waals surface area contributed by atoms with Crippen LogP contribution in [-0.2, 0) is 4.79 Å². The molecule has 0 saturated carbocycles. The van der Waals surface area contributed by atoms with Gasteiger partial charge in [0.15, 0.2) is 6.61 Å². The lowest BCUT2D eigenvalue weighted by Crippen LogP contribution is -2.25. The number of hydrazone groups is 1. The molecule has 1 amide bonds. The molecule has 0 bridgehead atoms. The van der Waals surface area contributed by atoms with Gasteiger partial charge in [-0.05, 0) is 51.3 Å². The molecule has 30 heavy (non-hydrogen) atoms. The number of hydrogen-bond acceptors (Lipinski definition) is 7. The van der Waals surface area contributed by atoms with Gasteiger partial charge >= 0.3 is 0 Å². The number of benzene rings is 1. The number of anilines is 2. The van der Waals surface area contributed by atoms with E-state index in [2.05, 4.69) is 56.3 Å². The molecule has 1 saturated heterocycles. The van der Waals surface area contributed by atoms with Crippen LogP contribution in [0, 0.1) is 6.92 Å². The number of nitrogens with zero attached hydrogens (tertiary/aromatic N) is 5. The van der Waals surface area contributed by atoms with E-state index < -0.39 is 0 Å². The zero-order valence-corrected chi connectivity index (χ0v) is 18.0. The van der Waals surface area contributed by atoms with Crippen LogP contribution in [0.15, 0.2) is 35.4 Å². The molecular formula is C22H30N6O2. The van der Waals surface area contributed by atoms with Crippen molar-refractivity contribution in [3.63, 3.8) is 0 Å². The molecule has 1 aliphatic rings. The number of rotatable bonds is 9. The minimum Gasteiger partial charge on any atom is -0.467 e. The average molecular weight is 411 g/mol. The van der Waals surface area contributed by atoms with Gasteiger partial charge in [-0.1, -0.05) is 12.1 Å². The van der Waals surface area contributed by atoms with Crippen molar-refractivity contribution < 1.29 is 9.53 Å². The molecule has 8 heteroatoms. The summed E-state index contributed by atoms with van der Waals surface area (Å²) in [6.07, 6.45) is 3.91. The van der Waals surface area contributed by atoms with Gasteiger partial charge in [0.25, 0.3) is 5.91 Å². The number of aromatic nitrogens is 2. The highest BCUT2D eigenvalue weighted by Gasteiger charge is 2.16. The first-order valence-corrected chi connectivity index (χ1v) is 10.5. The Labute approximate surface area is 178 Å². The lowest BCUT2D eigenvalue weighted by atomic mass is 10.2. The van der Waals surface area contributed by atoms with Gasteiger partial charge < -0.3 is 14.5 Å². The van der Waals surface area contributed by atoms with Gasteiger partial charge in [-0.3, -0.25) is 4.79 Å². The standard InChI is InChI=1S/C22H30N6O2/c1-4-27(5-2)19-10-8-18(9-11-19)15-23-26-20(29)16-30-21-14-17(3)24-22(25-21)28-12-6-7-13-28/h8-11,14-15H,4-7,12-13,16H2,1-3H3,(H,26,29). The summed E-state index contributed by atoms with van der Waals surface area (Å²) >= 11 is 0. The number of hydrogen-bond donors (Lipinski definition) is 1. The zero-order valence-electron chi connectivity index (χ0n) is 18.0. The van der Waals surface area contributed by atoms with E-state index in [1.54, 1.807) is 12.3 Å². The van der Waals surface area contributed by atoms with Crippen LogP contribution in [0.3, 0.4) is 0 Å². The maximum atomic E-state index is 12.0. The molecule has 160 valence electrons. The predicted octanol–water partition coefficient (Wildman–Crippen LogP) is 2.76. The Morgan fingerprint density at radius 2 is 1.90 bits per heavy atom. The minimum absolute atomic E-state index is 0.159. The number of carbonyl (C=O) groups is 1. The molecule has 2 aromatic rings. The van der Waals surface area contributed by atoms with Crippen molar-refractivity contribution in [3.05, 3.63) is 41.6 Å². The van der Waals surface area contributed by atoms with Gasteiger partial charge in [0.1, 0.15) is 0 Å². The fraction of sp³-hybridized carbons (Fsp3) is 0.455. The van der Waals surface area contributed by atoms with Crippen molar-refractivity contribution in [2.45, 2.75) is 33.6 Å². The van der Waals surface area contributed by atoms with Crippen molar-refractivity contribution >= 4 is 23.8 Å². The Bertz CT molecular complexity index is 858. The molecule has 1 aliphatic heterocycles. The molecule has 0 aliphatic carbocycles. The van der Waals surface area contributed by atoms with E-state index >= 15 is 0 Å². The molecule has 0 unspecified atom stereocenters. The Hall–Kier alpha value is -3.16. The Morgan fingerprint density at radius 1 is 1.20 bits per heavy atom. The largest absolute Gasteiger partial charge is 0.467 e. The highest BCUT2D eigenvalue weighted by molar-refractivity contribution is 5.83. The summed E-state index contributed by atoms with van der Waals surface area (Å²) in [6.45, 7) is 9.83. The lowest BCUT2D eigenvalue weighted by Gasteiger charge is -2.20. The summed E-state index contributed by atoms with van der Waals surface area (Å²) in [5.41, 5.74) is 5.38. The van der Waals surface area contributed by atoms with E-state index in [4.69, 9.17) is 4.74 Å². The normalized spacial score (nSPS) is 13.6. The van der Waals surface area contributed by atoms with Gasteiger partial charge in [0.2, 0.25) is 11.8 Å². The Balaban J connectivity index is 1.49. The number of carbonyl (C=O) groups excluding carboxylic acids is 1. The van der Waals surface area contributed by atoms with Crippen LogP contribution in [-0.4, -0.2) is 54.9 Å². The smallest absolute Gasteiger partial charge is 0.278 e. The summed E-state index contributed by atoms with van der Waals surface area (Å²) in [4.78, 5) is 25.3. The molecule has 8 nitrogen and oxygen atoms in total. The van der Waals surface area contributed by atoms with Crippen LogP contribution < -0.4 is 20.0 Å². The van der Waals surface area contributed by atoms with Gasteiger partial charge in [-0.25, -0.2) is 10.4 Å². The van der Waals surface area contributed by atoms with Crippen molar-refractivity contribution in [1.29, 1.82) is 0 Å². The maximum absolute atomic E-state index is 12.0. The summed E-state index contributed by atoms with van der Waals surface area (Å²) in [7, 11) is 0. The quantitative estimate of drug-likeness (QED) is 0.506. The molecule has 1 fully saturated rings. The molecule has 0 atom stereocenters. The second-order valence-corrected chi connectivity index (χ2v) is 7.19. The molecular weight excluding hydrogens is 380 g/mol. The average Bonchev–Trinajstić information content (AvgIpc) is 3.29. The van der Waals surface area contributed by atoms with E-state index in [-0.39, 0.29) is 12.5 Å². The van der Waals surface area contributed by atoms with Crippen LogP contribution in [0.1, 0.15) is 37.9 Å². The van der Waals surface area contributed by atoms with E-state index in [0.29, 0.717) is 11.8 Å². The summed E-state index contributed by atoms with van der Waals surface area (Å²) in [5, 5.41) is 4.01. The number of aryl methyl sites for hydroxylation is 1. The van der Waals surface area contributed by atoms with Crippen LogP contribution in [0.5, 0.6) is 5.88 Å².